The zero-order valence-electron chi connectivity index (χ0n) is 15.2. The van der Waals surface area contributed by atoms with Crippen molar-refractivity contribution in [3.05, 3.63) is 35.0 Å². The highest BCUT2D eigenvalue weighted by Gasteiger charge is 2.33. The molecule has 1 aromatic heterocycles. The Kier molecular flexibility index (Phi) is 5.23. The number of rotatable bonds is 5. The summed E-state index contributed by atoms with van der Waals surface area (Å²) in [6.45, 7) is 8.35. The number of carbonyl (C=O) groups excluding carboxylic acids is 2. The Hall–Kier alpha value is -2.14. The summed E-state index contributed by atoms with van der Waals surface area (Å²) in [6, 6.07) is 4.37. The lowest BCUT2D eigenvalue weighted by molar-refractivity contribution is -0.153. The quantitative estimate of drug-likeness (QED) is 0.670. The maximum atomic E-state index is 12.0. The van der Waals surface area contributed by atoms with Crippen LogP contribution in [0, 0.1) is 19.8 Å². The van der Waals surface area contributed by atoms with Gasteiger partial charge in [-0.05, 0) is 49.9 Å². The molecule has 0 radical (unpaired) electrons. The number of hydrogen-bond donors (Lipinski definition) is 1. The Balaban J connectivity index is 1.68. The van der Waals surface area contributed by atoms with E-state index in [1.807, 2.05) is 0 Å². The number of ether oxygens (including phenoxy) is 1. The number of esters is 1. The summed E-state index contributed by atoms with van der Waals surface area (Å²) >= 11 is 0. The van der Waals surface area contributed by atoms with Crippen LogP contribution in [0.2, 0.25) is 0 Å². The van der Waals surface area contributed by atoms with Gasteiger partial charge in [0.2, 0.25) is 0 Å². The second-order valence-corrected chi connectivity index (χ2v) is 6.89. The lowest BCUT2D eigenvalue weighted by Gasteiger charge is -2.30. The van der Waals surface area contributed by atoms with Crippen molar-refractivity contribution in [1.82, 2.24) is 9.88 Å². The van der Waals surface area contributed by atoms with Crippen LogP contribution >= 0.6 is 0 Å². The van der Waals surface area contributed by atoms with E-state index < -0.39 is 5.92 Å². The minimum Gasteiger partial charge on any atom is -0.465 e. The zero-order chi connectivity index (χ0) is 18.0. The van der Waals surface area contributed by atoms with E-state index in [0.717, 1.165) is 19.5 Å². The fourth-order valence-electron chi connectivity index (χ4n) is 3.77. The van der Waals surface area contributed by atoms with Crippen LogP contribution in [0.15, 0.2) is 18.3 Å². The molecule has 1 fully saturated rings. The fourth-order valence-corrected chi connectivity index (χ4v) is 3.77. The van der Waals surface area contributed by atoms with Crippen LogP contribution < -0.4 is 0 Å². The van der Waals surface area contributed by atoms with E-state index in [-0.39, 0.29) is 11.8 Å². The van der Waals surface area contributed by atoms with E-state index in [0.29, 0.717) is 19.6 Å². The lowest BCUT2D eigenvalue weighted by atomic mass is 9.96. The minimum absolute atomic E-state index is 0.00751. The molecule has 0 saturated carbocycles. The average molecular weight is 342 g/mol. The van der Waals surface area contributed by atoms with Crippen LogP contribution in [0.25, 0.3) is 10.9 Å². The Labute approximate surface area is 148 Å². The SMILES string of the molecule is CCOC(=O)C1CN(CCc2c[nH]c3cc(C)cc(C)c23)CCC1=O. The van der Waals surface area contributed by atoms with Gasteiger partial charge in [-0.15, -0.1) is 0 Å². The van der Waals surface area contributed by atoms with Crippen LogP contribution in [0.4, 0.5) is 0 Å². The van der Waals surface area contributed by atoms with Crippen molar-refractivity contribution in [3.8, 4) is 0 Å². The molecule has 134 valence electrons. The molecule has 2 heterocycles. The highest BCUT2D eigenvalue weighted by atomic mass is 16.5. The first-order valence-corrected chi connectivity index (χ1v) is 8.98. The number of carbonyl (C=O) groups is 2. The van der Waals surface area contributed by atoms with Gasteiger partial charge in [0.1, 0.15) is 11.7 Å². The van der Waals surface area contributed by atoms with Crippen molar-refractivity contribution < 1.29 is 14.3 Å². The third-order valence-corrected chi connectivity index (χ3v) is 4.98. The number of likely N-dealkylation sites (tertiary alicyclic amines) is 1. The molecular formula is C20H26N2O3. The number of aromatic amines is 1. The van der Waals surface area contributed by atoms with Crippen LogP contribution in [0.5, 0.6) is 0 Å². The van der Waals surface area contributed by atoms with Crippen molar-refractivity contribution in [2.45, 2.75) is 33.6 Å². The molecule has 1 unspecified atom stereocenters. The fraction of sp³-hybridized carbons (Fsp3) is 0.500. The molecule has 0 aliphatic carbocycles. The number of nitrogens with zero attached hydrogens (tertiary/aromatic N) is 1. The third-order valence-electron chi connectivity index (χ3n) is 4.98. The Morgan fingerprint density at radius 3 is 2.92 bits per heavy atom. The highest BCUT2D eigenvalue weighted by Crippen LogP contribution is 2.25. The second-order valence-electron chi connectivity index (χ2n) is 6.89. The molecular weight excluding hydrogens is 316 g/mol. The Bertz CT molecular complexity index is 794. The van der Waals surface area contributed by atoms with Gasteiger partial charge in [0, 0.05) is 43.2 Å². The molecule has 1 atom stereocenters. The van der Waals surface area contributed by atoms with E-state index in [9.17, 15) is 9.59 Å². The summed E-state index contributed by atoms with van der Waals surface area (Å²) in [4.78, 5) is 29.5. The first-order valence-electron chi connectivity index (χ1n) is 8.98. The normalized spacial score (nSPS) is 18.7. The second kappa shape index (κ2) is 7.40. The number of hydrogen-bond acceptors (Lipinski definition) is 4. The predicted octanol–water partition coefficient (Wildman–Crippen LogP) is 2.78. The zero-order valence-corrected chi connectivity index (χ0v) is 15.2. The summed E-state index contributed by atoms with van der Waals surface area (Å²) < 4.78 is 5.04. The average Bonchev–Trinajstić information content (AvgIpc) is 2.97. The van der Waals surface area contributed by atoms with Gasteiger partial charge in [-0.25, -0.2) is 0 Å². The number of Topliss-reactive ketones (excluding diaryl/α,β-unsaturated/α-hetero) is 1. The topological polar surface area (TPSA) is 62.4 Å². The number of H-pyrrole nitrogens is 1. The molecule has 1 aliphatic heterocycles. The maximum absolute atomic E-state index is 12.0. The van der Waals surface area contributed by atoms with E-state index in [4.69, 9.17) is 4.74 Å². The molecule has 2 aromatic rings. The third kappa shape index (κ3) is 3.76. The van der Waals surface area contributed by atoms with Crippen LogP contribution in [0.1, 0.15) is 30.0 Å². The summed E-state index contributed by atoms with van der Waals surface area (Å²) in [5.41, 5.74) is 5.00. The standard InChI is InChI=1S/C20H26N2O3/c1-4-25-20(24)16-12-22(8-6-18(16)23)7-5-15-11-21-17-10-13(2)9-14(3)19(15)17/h9-11,16,21H,4-8,12H2,1-3H3. The van der Waals surface area contributed by atoms with Gasteiger partial charge in [-0.3, -0.25) is 9.59 Å². The number of piperidine rings is 1. The number of aryl methyl sites for hydroxylation is 2. The molecule has 1 saturated heterocycles. The van der Waals surface area contributed by atoms with Crippen molar-refractivity contribution in [2.75, 3.05) is 26.2 Å². The van der Waals surface area contributed by atoms with Crippen molar-refractivity contribution in [2.24, 2.45) is 5.92 Å². The first-order chi connectivity index (χ1) is 12.0. The van der Waals surface area contributed by atoms with Crippen LogP contribution in [0.3, 0.4) is 0 Å². The number of nitrogens with one attached hydrogen (secondary N) is 1. The molecule has 1 aromatic carbocycles. The van der Waals surface area contributed by atoms with E-state index in [1.54, 1.807) is 6.92 Å². The van der Waals surface area contributed by atoms with Gasteiger partial charge >= 0.3 is 5.97 Å². The molecule has 5 nitrogen and oxygen atoms in total. The summed E-state index contributed by atoms with van der Waals surface area (Å²) in [5.74, 6) is -0.996. The molecule has 1 aliphatic rings. The van der Waals surface area contributed by atoms with Gasteiger partial charge in [-0.1, -0.05) is 6.07 Å². The first kappa shape index (κ1) is 17.7. The molecule has 5 heteroatoms. The predicted molar refractivity (Wildman–Crippen MR) is 97.7 cm³/mol. The van der Waals surface area contributed by atoms with E-state index in [2.05, 4.69) is 42.1 Å². The molecule has 0 spiro atoms. The highest BCUT2D eigenvalue weighted by molar-refractivity contribution is 5.99. The van der Waals surface area contributed by atoms with Crippen molar-refractivity contribution in [1.29, 1.82) is 0 Å². The molecule has 0 amide bonds. The summed E-state index contributed by atoms with van der Waals surface area (Å²) in [7, 11) is 0. The smallest absolute Gasteiger partial charge is 0.317 e. The van der Waals surface area contributed by atoms with Gasteiger partial charge in [0.15, 0.2) is 0 Å². The molecule has 25 heavy (non-hydrogen) atoms. The van der Waals surface area contributed by atoms with Gasteiger partial charge < -0.3 is 14.6 Å². The number of ketones is 1. The molecule has 1 N–H and O–H groups in total. The van der Waals surface area contributed by atoms with Crippen LogP contribution in [-0.4, -0.2) is 47.9 Å². The minimum atomic E-state index is -0.624. The number of fused-ring (bicyclic) bond motifs is 1. The van der Waals surface area contributed by atoms with E-state index in [1.165, 1.54) is 27.6 Å². The number of aromatic nitrogens is 1. The van der Waals surface area contributed by atoms with Crippen molar-refractivity contribution >= 4 is 22.7 Å². The number of benzene rings is 1. The Morgan fingerprint density at radius 1 is 1.36 bits per heavy atom. The van der Waals surface area contributed by atoms with Gasteiger partial charge in [0.05, 0.1) is 6.61 Å². The summed E-state index contributed by atoms with van der Waals surface area (Å²) in [6.07, 6.45) is 3.40. The maximum Gasteiger partial charge on any atom is 0.317 e. The molecule has 3 rings (SSSR count). The van der Waals surface area contributed by atoms with E-state index >= 15 is 0 Å². The van der Waals surface area contributed by atoms with Crippen LogP contribution in [-0.2, 0) is 20.7 Å². The van der Waals surface area contributed by atoms with Gasteiger partial charge in [0.25, 0.3) is 0 Å². The summed E-state index contributed by atoms with van der Waals surface area (Å²) in [5, 5.41) is 1.29. The molecule has 0 bridgehead atoms. The van der Waals surface area contributed by atoms with Crippen molar-refractivity contribution in [3.63, 3.8) is 0 Å². The monoisotopic (exact) mass is 342 g/mol. The lowest BCUT2D eigenvalue weighted by Crippen LogP contribution is -2.45. The van der Waals surface area contributed by atoms with Gasteiger partial charge in [-0.2, -0.15) is 0 Å². The largest absolute Gasteiger partial charge is 0.465 e. The Morgan fingerprint density at radius 2 is 2.16 bits per heavy atom.